The van der Waals surface area contributed by atoms with Crippen LogP contribution in [0.5, 0.6) is 0 Å². The molecule has 6 heavy (non-hydrogen) atoms. The molecule has 0 saturated carbocycles. The molecule has 0 fully saturated rings. The quantitative estimate of drug-likeness (QED) is 0.448. The Morgan fingerprint density at radius 3 is 2.67 bits per heavy atom. The summed E-state index contributed by atoms with van der Waals surface area (Å²) < 4.78 is 0. The summed E-state index contributed by atoms with van der Waals surface area (Å²) in [6, 6.07) is 0. The van der Waals surface area contributed by atoms with E-state index >= 15 is 0 Å². The van der Waals surface area contributed by atoms with Crippen molar-refractivity contribution in [1.82, 2.24) is 0 Å². The van der Waals surface area contributed by atoms with E-state index in [1.165, 1.54) is 0 Å². The zero-order valence-electron chi connectivity index (χ0n) is 3.33. The number of aliphatic hydroxyl groups excluding tert-OH is 1. The molecule has 0 aromatic carbocycles. The molecular formula is C3H6N2O. The lowest BCUT2D eigenvalue weighted by Gasteiger charge is -1.85. The SMILES string of the molecule is OC1CCN=N1. The van der Waals surface area contributed by atoms with E-state index in [9.17, 15) is 0 Å². The van der Waals surface area contributed by atoms with Crippen LogP contribution in [-0.4, -0.2) is 17.9 Å². The van der Waals surface area contributed by atoms with Gasteiger partial charge in [0.05, 0.1) is 6.54 Å². The van der Waals surface area contributed by atoms with Gasteiger partial charge in [-0.2, -0.15) is 10.2 Å². The van der Waals surface area contributed by atoms with Crippen LogP contribution in [0.4, 0.5) is 0 Å². The van der Waals surface area contributed by atoms with Gasteiger partial charge in [0.15, 0.2) is 6.23 Å². The highest BCUT2D eigenvalue weighted by Gasteiger charge is 2.03. The minimum atomic E-state index is -0.495. The van der Waals surface area contributed by atoms with E-state index in [1.807, 2.05) is 0 Å². The summed E-state index contributed by atoms with van der Waals surface area (Å²) in [5, 5.41) is 15.4. The largest absolute Gasteiger partial charge is 0.370 e. The Labute approximate surface area is 35.7 Å². The molecule has 0 spiro atoms. The van der Waals surface area contributed by atoms with E-state index in [4.69, 9.17) is 5.11 Å². The smallest absolute Gasteiger partial charge is 0.167 e. The maximum atomic E-state index is 8.47. The fourth-order valence-corrected chi connectivity index (χ4v) is 0.383. The third-order valence-corrected chi connectivity index (χ3v) is 0.702. The van der Waals surface area contributed by atoms with E-state index in [2.05, 4.69) is 10.2 Å². The summed E-state index contributed by atoms with van der Waals surface area (Å²) in [5.74, 6) is 0. The first-order chi connectivity index (χ1) is 2.89. The predicted octanol–water partition coefficient (Wildman–Crippen LogP) is 0.161. The Bertz CT molecular complexity index is 71.2. The molecule has 0 amide bonds. The number of azo groups is 1. The fourth-order valence-electron chi connectivity index (χ4n) is 0.383. The molecular weight excluding hydrogens is 80.0 g/mol. The van der Waals surface area contributed by atoms with Gasteiger partial charge in [0.25, 0.3) is 0 Å². The van der Waals surface area contributed by atoms with Gasteiger partial charge in [0.1, 0.15) is 0 Å². The molecule has 3 heteroatoms. The van der Waals surface area contributed by atoms with Crippen LogP contribution in [0.15, 0.2) is 10.2 Å². The van der Waals surface area contributed by atoms with Gasteiger partial charge in [0, 0.05) is 6.42 Å². The monoisotopic (exact) mass is 86.0 g/mol. The minimum absolute atomic E-state index is 0.495. The minimum Gasteiger partial charge on any atom is -0.370 e. The van der Waals surface area contributed by atoms with Gasteiger partial charge in [-0.3, -0.25) is 0 Å². The van der Waals surface area contributed by atoms with Crippen molar-refractivity contribution < 1.29 is 5.11 Å². The Morgan fingerprint density at radius 2 is 2.50 bits per heavy atom. The second-order valence-electron chi connectivity index (χ2n) is 1.25. The van der Waals surface area contributed by atoms with Crippen LogP contribution in [0.3, 0.4) is 0 Å². The van der Waals surface area contributed by atoms with Crippen molar-refractivity contribution in [1.29, 1.82) is 0 Å². The standard InChI is InChI=1S/C3H6N2O/c6-3-1-2-4-5-3/h3,6H,1-2H2. The maximum absolute atomic E-state index is 8.47. The van der Waals surface area contributed by atoms with Crippen LogP contribution < -0.4 is 0 Å². The highest BCUT2D eigenvalue weighted by molar-refractivity contribution is 4.56. The highest BCUT2D eigenvalue weighted by Crippen LogP contribution is 2.01. The Morgan fingerprint density at radius 1 is 1.67 bits per heavy atom. The molecule has 0 aromatic heterocycles. The Balaban J connectivity index is 2.38. The average Bonchev–Trinajstić information content (AvgIpc) is 1.86. The lowest BCUT2D eigenvalue weighted by Crippen LogP contribution is -1.94. The number of hydrogen-bond donors (Lipinski definition) is 1. The number of aliphatic hydroxyl groups is 1. The van der Waals surface area contributed by atoms with Crippen molar-refractivity contribution >= 4 is 0 Å². The molecule has 0 aliphatic carbocycles. The lowest BCUT2D eigenvalue weighted by molar-refractivity contribution is 0.188. The van der Waals surface area contributed by atoms with Gasteiger partial charge in [-0.25, -0.2) is 0 Å². The Kier molecular flexibility index (Phi) is 0.837. The molecule has 0 saturated heterocycles. The first-order valence-electron chi connectivity index (χ1n) is 1.94. The van der Waals surface area contributed by atoms with Crippen molar-refractivity contribution in [3.8, 4) is 0 Å². The van der Waals surface area contributed by atoms with Crippen molar-refractivity contribution in [2.75, 3.05) is 6.54 Å². The third kappa shape index (κ3) is 0.542. The van der Waals surface area contributed by atoms with Gasteiger partial charge < -0.3 is 5.11 Å². The van der Waals surface area contributed by atoms with E-state index in [0.29, 0.717) is 13.0 Å². The number of nitrogens with zero attached hydrogens (tertiary/aromatic N) is 2. The van der Waals surface area contributed by atoms with Crippen molar-refractivity contribution in [3.05, 3.63) is 0 Å². The van der Waals surface area contributed by atoms with Crippen LogP contribution in [0.1, 0.15) is 6.42 Å². The van der Waals surface area contributed by atoms with Gasteiger partial charge >= 0.3 is 0 Å². The second kappa shape index (κ2) is 1.34. The normalized spacial score (nSPS) is 31.8. The van der Waals surface area contributed by atoms with Gasteiger partial charge in [-0.05, 0) is 0 Å². The summed E-state index contributed by atoms with van der Waals surface area (Å²) >= 11 is 0. The summed E-state index contributed by atoms with van der Waals surface area (Å²) in [6.07, 6.45) is 0.213. The van der Waals surface area contributed by atoms with Crippen LogP contribution >= 0.6 is 0 Å². The van der Waals surface area contributed by atoms with Crippen LogP contribution in [0.25, 0.3) is 0 Å². The van der Waals surface area contributed by atoms with E-state index < -0.39 is 6.23 Å². The molecule has 0 radical (unpaired) electrons. The average molecular weight is 86.1 g/mol. The molecule has 0 bridgehead atoms. The van der Waals surface area contributed by atoms with Crippen LogP contribution in [0, 0.1) is 0 Å². The summed E-state index contributed by atoms with van der Waals surface area (Å²) in [7, 11) is 0. The lowest BCUT2D eigenvalue weighted by atomic mass is 10.4. The van der Waals surface area contributed by atoms with Gasteiger partial charge in [0.2, 0.25) is 0 Å². The number of rotatable bonds is 0. The first kappa shape index (κ1) is 3.74. The summed E-state index contributed by atoms with van der Waals surface area (Å²) in [6.45, 7) is 0.696. The van der Waals surface area contributed by atoms with Crippen LogP contribution in [-0.2, 0) is 0 Å². The van der Waals surface area contributed by atoms with Crippen molar-refractivity contribution in [2.24, 2.45) is 10.2 Å². The topological polar surface area (TPSA) is 45.0 Å². The molecule has 0 aromatic rings. The molecule has 34 valence electrons. The van der Waals surface area contributed by atoms with E-state index in [-0.39, 0.29) is 0 Å². The highest BCUT2D eigenvalue weighted by atomic mass is 16.3. The van der Waals surface area contributed by atoms with Gasteiger partial charge in [-0.15, -0.1) is 0 Å². The predicted molar refractivity (Wildman–Crippen MR) is 20.3 cm³/mol. The van der Waals surface area contributed by atoms with Crippen molar-refractivity contribution in [3.63, 3.8) is 0 Å². The first-order valence-corrected chi connectivity index (χ1v) is 1.94. The van der Waals surface area contributed by atoms with Gasteiger partial charge in [-0.1, -0.05) is 0 Å². The molecule has 1 aliphatic heterocycles. The molecule has 1 heterocycles. The molecule has 1 aliphatic rings. The van der Waals surface area contributed by atoms with E-state index in [0.717, 1.165) is 0 Å². The molecule has 3 nitrogen and oxygen atoms in total. The second-order valence-corrected chi connectivity index (χ2v) is 1.25. The fraction of sp³-hybridized carbons (Fsp3) is 1.00. The zero-order chi connectivity index (χ0) is 4.41. The zero-order valence-corrected chi connectivity index (χ0v) is 3.33. The molecule has 1 unspecified atom stereocenters. The number of hydrogen-bond acceptors (Lipinski definition) is 3. The summed E-state index contributed by atoms with van der Waals surface area (Å²) in [4.78, 5) is 0. The Hall–Kier alpha value is -0.440. The van der Waals surface area contributed by atoms with Crippen molar-refractivity contribution in [2.45, 2.75) is 12.6 Å². The molecule has 1 rings (SSSR count). The van der Waals surface area contributed by atoms with E-state index in [1.54, 1.807) is 0 Å². The molecule has 1 N–H and O–H groups in total. The third-order valence-electron chi connectivity index (χ3n) is 0.702. The summed E-state index contributed by atoms with van der Waals surface area (Å²) in [5.41, 5.74) is 0. The maximum Gasteiger partial charge on any atom is 0.167 e. The molecule has 1 atom stereocenters. The van der Waals surface area contributed by atoms with Crippen LogP contribution in [0.2, 0.25) is 0 Å².